The van der Waals surface area contributed by atoms with Crippen molar-refractivity contribution in [2.24, 2.45) is 5.92 Å². The number of thiazole rings is 1. The van der Waals surface area contributed by atoms with Gasteiger partial charge in [-0.05, 0) is 30.5 Å². The van der Waals surface area contributed by atoms with E-state index in [1.807, 2.05) is 18.3 Å². The molecule has 0 aliphatic carbocycles. The van der Waals surface area contributed by atoms with Gasteiger partial charge in [-0.3, -0.25) is 0 Å². The Balaban J connectivity index is 2.06. The lowest BCUT2D eigenvalue weighted by molar-refractivity contribution is 0.272. The van der Waals surface area contributed by atoms with Crippen LogP contribution in [0.1, 0.15) is 29.3 Å². The Labute approximate surface area is 118 Å². The summed E-state index contributed by atoms with van der Waals surface area (Å²) in [5, 5.41) is 1.12. The molecule has 2 N–H and O–H groups in total. The lowest BCUT2D eigenvalue weighted by Crippen LogP contribution is -2.06. The number of aryl methyl sites for hydroxylation is 1. The number of nitrogens with two attached hydrogens (primary N) is 1. The molecule has 1 heterocycles. The second kappa shape index (κ2) is 6.06. The number of benzene rings is 1. The molecule has 0 saturated carbocycles. The zero-order chi connectivity index (χ0) is 13.8. The lowest BCUT2D eigenvalue weighted by Gasteiger charge is -2.11. The Bertz CT molecular complexity index is 549. The highest BCUT2D eigenvalue weighted by Crippen LogP contribution is 2.25. The van der Waals surface area contributed by atoms with Gasteiger partial charge in [0.05, 0.1) is 17.3 Å². The first-order valence-corrected chi connectivity index (χ1v) is 7.28. The first kappa shape index (κ1) is 13.9. The summed E-state index contributed by atoms with van der Waals surface area (Å²) >= 11 is 1.72. The SMILES string of the molecule is Cc1cnc(Cc2ccc(OCC(C)C)c(N)c2)s1. The van der Waals surface area contributed by atoms with E-state index in [-0.39, 0.29) is 0 Å². The largest absolute Gasteiger partial charge is 0.491 e. The molecule has 0 atom stereocenters. The molecule has 4 heteroatoms. The third-order valence-corrected chi connectivity index (χ3v) is 3.58. The molecule has 1 aromatic carbocycles. The maximum atomic E-state index is 6.02. The number of hydrogen-bond donors (Lipinski definition) is 1. The number of rotatable bonds is 5. The van der Waals surface area contributed by atoms with Gasteiger partial charge >= 0.3 is 0 Å². The number of nitrogens with zero attached hydrogens (tertiary/aromatic N) is 1. The van der Waals surface area contributed by atoms with Crippen molar-refractivity contribution in [3.05, 3.63) is 39.8 Å². The first-order valence-electron chi connectivity index (χ1n) is 6.47. The molecule has 0 amide bonds. The number of aromatic nitrogens is 1. The molecule has 0 aliphatic rings. The smallest absolute Gasteiger partial charge is 0.142 e. The second-order valence-corrected chi connectivity index (χ2v) is 6.44. The molecule has 0 unspecified atom stereocenters. The van der Waals surface area contributed by atoms with Crippen LogP contribution in [0.15, 0.2) is 24.4 Å². The molecule has 19 heavy (non-hydrogen) atoms. The predicted molar refractivity (Wildman–Crippen MR) is 80.8 cm³/mol. The lowest BCUT2D eigenvalue weighted by atomic mass is 10.1. The van der Waals surface area contributed by atoms with Crippen molar-refractivity contribution in [2.45, 2.75) is 27.2 Å². The van der Waals surface area contributed by atoms with Crippen molar-refractivity contribution in [3.63, 3.8) is 0 Å². The van der Waals surface area contributed by atoms with Gasteiger partial charge in [-0.25, -0.2) is 4.98 Å². The fourth-order valence-electron chi connectivity index (χ4n) is 1.75. The van der Waals surface area contributed by atoms with Crippen LogP contribution >= 0.6 is 11.3 Å². The van der Waals surface area contributed by atoms with Gasteiger partial charge in [0, 0.05) is 17.5 Å². The molecule has 3 nitrogen and oxygen atoms in total. The van der Waals surface area contributed by atoms with Gasteiger partial charge in [-0.15, -0.1) is 11.3 Å². The van der Waals surface area contributed by atoms with E-state index < -0.39 is 0 Å². The van der Waals surface area contributed by atoms with E-state index in [9.17, 15) is 0 Å². The highest BCUT2D eigenvalue weighted by molar-refractivity contribution is 7.11. The minimum absolute atomic E-state index is 0.498. The van der Waals surface area contributed by atoms with Crippen LogP contribution in [0.2, 0.25) is 0 Å². The second-order valence-electron chi connectivity index (χ2n) is 5.12. The van der Waals surface area contributed by atoms with Crippen LogP contribution in [0.3, 0.4) is 0 Å². The maximum Gasteiger partial charge on any atom is 0.142 e. The Morgan fingerprint density at radius 3 is 2.74 bits per heavy atom. The Hall–Kier alpha value is -1.55. The fourth-order valence-corrected chi connectivity index (χ4v) is 2.57. The number of ether oxygens (including phenoxy) is 1. The fraction of sp³-hybridized carbons (Fsp3) is 0.400. The van der Waals surface area contributed by atoms with E-state index in [0.717, 1.165) is 17.2 Å². The average Bonchev–Trinajstić information content (AvgIpc) is 2.73. The molecule has 0 bridgehead atoms. The van der Waals surface area contributed by atoms with Crippen LogP contribution in [0.25, 0.3) is 0 Å². The minimum atomic E-state index is 0.498. The average molecular weight is 276 g/mol. The molecule has 1 aromatic heterocycles. The molecular weight excluding hydrogens is 256 g/mol. The van der Waals surface area contributed by atoms with Crippen molar-refractivity contribution in [1.29, 1.82) is 0 Å². The maximum absolute atomic E-state index is 6.02. The molecule has 0 aliphatic heterocycles. The number of nitrogen functional groups attached to an aromatic ring is 1. The summed E-state index contributed by atoms with van der Waals surface area (Å²) < 4.78 is 5.67. The highest BCUT2D eigenvalue weighted by atomic mass is 32.1. The zero-order valence-corrected chi connectivity index (χ0v) is 12.5. The van der Waals surface area contributed by atoms with Gasteiger partial charge in [0.25, 0.3) is 0 Å². The molecule has 0 saturated heterocycles. The summed E-state index contributed by atoms with van der Waals surface area (Å²) in [7, 11) is 0. The van der Waals surface area contributed by atoms with E-state index in [1.165, 1.54) is 10.4 Å². The summed E-state index contributed by atoms with van der Waals surface area (Å²) in [5.74, 6) is 1.27. The quantitative estimate of drug-likeness (QED) is 0.848. The van der Waals surface area contributed by atoms with Gasteiger partial charge in [0.2, 0.25) is 0 Å². The summed E-state index contributed by atoms with van der Waals surface area (Å²) in [6.45, 7) is 7.00. The molecule has 2 rings (SSSR count). The van der Waals surface area contributed by atoms with Crippen molar-refractivity contribution in [1.82, 2.24) is 4.98 Å². The van der Waals surface area contributed by atoms with Crippen molar-refractivity contribution < 1.29 is 4.74 Å². The summed E-state index contributed by atoms with van der Waals surface area (Å²) in [6.07, 6.45) is 2.73. The van der Waals surface area contributed by atoms with Gasteiger partial charge in [0.1, 0.15) is 5.75 Å². The van der Waals surface area contributed by atoms with Crippen molar-refractivity contribution >= 4 is 17.0 Å². The van der Waals surface area contributed by atoms with Crippen LogP contribution in [-0.2, 0) is 6.42 Å². The zero-order valence-electron chi connectivity index (χ0n) is 11.6. The van der Waals surface area contributed by atoms with Crippen LogP contribution < -0.4 is 10.5 Å². The molecule has 0 radical (unpaired) electrons. The van der Waals surface area contributed by atoms with Gasteiger partial charge in [-0.2, -0.15) is 0 Å². The van der Waals surface area contributed by atoms with E-state index in [4.69, 9.17) is 10.5 Å². The molecule has 102 valence electrons. The Kier molecular flexibility index (Phi) is 4.43. The van der Waals surface area contributed by atoms with Gasteiger partial charge < -0.3 is 10.5 Å². The third kappa shape index (κ3) is 3.96. The van der Waals surface area contributed by atoms with E-state index in [2.05, 4.69) is 31.8 Å². The highest BCUT2D eigenvalue weighted by Gasteiger charge is 2.06. The van der Waals surface area contributed by atoms with Crippen LogP contribution in [-0.4, -0.2) is 11.6 Å². The Morgan fingerprint density at radius 1 is 1.37 bits per heavy atom. The predicted octanol–water partition coefficient (Wildman–Crippen LogP) is 3.66. The normalized spacial score (nSPS) is 10.9. The topological polar surface area (TPSA) is 48.1 Å². The summed E-state index contributed by atoms with van der Waals surface area (Å²) in [4.78, 5) is 5.61. The van der Waals surface area contributed by atoms with Crippen LogP contribution in [0, 0.1) is 12.8 Å². The third-order valence-electron chi connectivity index (χ3n) is 2.67. The Morgan fingerprint density at radius 2 is 2.16 bits per heavy atom. The first-order chi connectivity index (χ1) is 9.04. The molecule has 0 spiro atoms. The summed E-state index contributed by atoms with van der Waals surface area (Å²) in [6, 6.07) is 5.99. The van der Waals surface area contributed by atoms with Crippen LogP contribution in [0.4, 0.5) is 5.69 Å². The van der Waals surface area contributed by atoms with Crippen molar-refractivity contribution in [3.8, 4) is 5.75 Å². The molecular formula is C15H20N2OS. The van der Waals surface area contributed by atoms with E-state index in [0.29, 0.717) is 18.2 Å². The molecule has 0 fully saturated rings. The van der Waals surface area contributed by atoms with Crippen molar-refractivity contribution in [2.75, 3.05) is 12.3 Å². The van der Waals surface area contributed by atoms with Crippen LogP contribution in [0.5, 0.6) is 5.75 Å². The number of hydrogen-bond acceptors (Lipinski definition) is 4. The molecule has 2 aromatic rings. The minimum Gasteiger partial charge on any atom is -0.491 e. The van der Waals surface area contributed by atoms with Gasteiger partial charge in [0.15, 0.2) is 0 Å². The van der Waals surface area contributed by atoms with E-state index >= 15 is 0 Å². The number of anilines is 1. The van der Waals surface area contributed by atoms with Gasteiger partial charge in [-0.1, -0.05) is 19.9 Å². The monoisotopic (exact) mass is 276 g/mol. The van der Waals surface area contributed by atoms with E-state index in [1.54, 1.807) is 11.3 Å². The summed E-state index contributed by atoms with van der Waals surface area (Å²) in [5.41, 5.74) is 7.89. The standard InChI is InChI=1S/C15H20N2OS/c1-10(2)9-18-14-5-4-12(6-13(14)16)7-15-17-8-11(3)19-15/h4-6,8,10H,7,9,16H2,1-3H3.